The van der Waals surface area contributed by atoms with Crippen molar-refractivity contribution in [2.75, 3.05) is 0 Å². The predicted octanol–water partition coefficient (Wildman–Crippen LogP) is 2.31. The molecule has 0 bridgehead atoms. The molecule has 1 atom stereocenters. The summed E-state index contributed by atoms with van der Waals surface area (Å²) in [5.41, 5.74) is 0.0445. The zero-order valence-corrected chi connectivity index (χ0v) is 10.7. The normalized spacial score (nSPS) is 22.1. The average molecular weight is 239 g/mol. The van der Waals surface area contributed by atoms with Gasteiger partial charge in [-0.25, -0.2) is 4.79 Å². The number of rotatable bonds is 6. The van der Waals surface area contributed by atoms with Crippen LogP contribution < -0.4 is 5.32 Å². The first-order valence-corrected chi connectivity index (χ1v) is 6.13. The van der Waals surface area contributed by atoms with Crippen molar-refractivity contribution in [3.63, 3.8) is 0 Å². The molecule has 4 nitrogen and oxygen atoms in total. The second-order valence-electron chi connectivity index (χ2n) is 5.30. The molecular weight excluding hydrogens is 218 g/mol. The van der Waals surface area contributed by atoms with E-state index in [0.29, 0.717) is 6.42 Å². The van der Waals surface area contributed by atoms with Crippen molar-refractivity contribution in [3.05, 3.63) is 11.8 Å². The highest BCUT2D eigenvalue weighted by Crippen LogP contribution is 2.51. The quantitative estimate of drug-likeness (QED) is 0.552. The van der Waals surface area contributed by atoms with Crippen LogP contribution in [0.15, 0.2) is 11.8 Å². The lowest BCUT2D eigenvalue weighted by atomic mass is 10.1. The Hall–Kier alpha value is -1.32. The maximum atomic E-state index is 11.8. The molecule has 0 radical (unpaired) electrons. The molecule has 0 aromatic carbocycles. The molecule has 0 spiro atoms. The van der Waals surface area contributed by atoms with Gasteiger partial charge in [-0.05, 0) is 24.7 Å². The highest BCUT2D eigenvalue weighted by atomic mass is 16.4. The first kappa shape index (κ1) is 13.7. The molecule has 1 unspecified atom stereocenters. The number of allylic oxidation sites excluding steroid dienone is 1. The SMILES string of the molecule is CCCC/C=C(\NC(=O)C1CC1(C)C)C(=O)O. The third-order valence-electron chi connectivity index (χ3n) is 3.22. The summed E-state index contributed by atoms with van der Waals surface area (Å²) in [6, 6.07) is 0. The van der Waals surface area contributed by atoms with E-state index in [1.54, 1.807) is 6.08 Å². The molecule has 17 heavy (non-hydrogen) atoms. The molecule has 1 amide bonds. The van der Waals surface area contributed by atoms with E-state index in [2.05, 4.69) is 5.32 Å². The van der Waals surface area contributed by atoms with Crippen molar-refractivity contribution in [2.24, 2.45) is 11.3 Å². The fourth-order valence-corrected chi connectivity index (χ4v) is 1.78. The number of carboxylic acids is 1. The lowest BCUT2D eigenvalue weighted by Gasteiger charge is -2.07. The first-order chi connectivity index (χ1) is 7.88. The second kappa shape index (κ2) is 5.34. The monoisotopic (exact) mass is 239 g/mol. The third kappa shape index (κ3) is 3.88. The largest absolute Gasteiger partial charge is 0.477 e. The summed E-state index contributed by atoms with van der Waals surface area (Å²) in [6.07, 6.45) is 5.06. The van der Waals surface area contributed by atoms with Crippen LogP contribution in [0.2, 0.25) is 0 Å². The van der Waals surface area contributed by atoms with Gasteiger partial charge in [-0.3, -0.25) is 4.79 Å². The minimum atomic E-state index is -1.06. The zero-order valence-electron chi connectivity index (χ0n) is 10.7. The number of hydrogen-bond acceptors (Lipinski definition) is 2. The molecule has 1 aliphatic carbocycles. The van der Waals surface area contributed by atoms with Crippen LogP contribution in [0.25, 0.3) is 0 Å². The number of amides is 1. The summed E-state index contributed by atoms with van der Waals surface area (Å²) in [4.78, 5) is 22.7. The van der Waals surface area contributed by atoms with Crippen LogP contribution in [0.5, 0.6) is 0 Å². The lowest BCUT2D eigenvalue weighted by Crippen LogP contribution is -2.29. The molecule has 0 aromatic heterocycles. The number of carbonyl (C=O) groups excluding carboxylic acids is 1. The fourth-order valence-electron chi connectivity index (χ4n) is 1.78. The topological polar surface area (TPSA) is 66.4 Å². The molecule has 4 heteroatoms. The van der Waals surface area contributed by atoms with E-state index in [0.717, 1.165) is 19.3 Å². The van der Waals surface area contributed by atoms with Crippen LogP contribution in [0.4, 0.5) is 0 Å². The van der Waals surface area contributed by atoms with E-state index in [4.69, 9.17) is 5.11 Å². The van der Waals surface area contributed by atoms with Gasteiger partial charge in [0.05, 0.1) is 0 Å². The van der Waals surface area contributed by atoms with Gasteiger partial charge in [-0.2, -0.15) is 0 Å². The Bertz CT molecular complexity index is 345. The van der Waals surface area contributed by atoms with Gasteiger partial charge in [0.25, 0.3) is 0 Å². The van der Waals surface area contributed by atoms with Crippen molar-refractivity contribution in [3.8, 4) is 0 Å². The molecule has 0 aliphatic heterocycles. The standard InChI is InChI=1S/C13H21NO3/c1-4-5-6-7-10(12(16)17)14-11(15)9-8-13(9,2)3/h7,9H,4-6,8H2,1-3H3,(H,14,15)(H,16,17)/b10-7-. The maximum Gasteiger partial charge on any atom is 0.352 e. The van der Waals surface area contributed by atoms with Crippen LogP contribution in [0, 0.1) is 11.3 Å². The van der Waals surface area contributed by atoms with Crippen LogP contribution in [-0.4, -0.2) is 17.0 Å². The molecule has 1 fully saturated rings. The maximum absolute atomic E-state index is 11.8. The van der Waals surface area contributed by atoms with Gasteiger partial charge in [-0.15, -0.1) is 0 Å². The summed E-state index contributed by atoms with van der Waals surface area (Å²) in [7, 11) is 0. The molecular formula is C13H21NO3. The summed E-state index contributed by atoms with van der Waals surface area (Å²) in [5.74, 6) is -1.27. The van der Waals surface area contributed by atoms with Crippen molar-refractivity contribution in [2.45, 2.75) is 46.5 Å². The number of hydrogen-bond donors (Lipinski definition) is 2. The van der Waals surface area contributed by atoms with Gasteiger partial charge < -0.3 is 10.4 Å². The number of aliphatic carboxylic acids is 1. The Morgan fingerprint density at radius 1 is 1.47 bits per heavy atom. The van der Waals surface area contributed by atoms with Gasteiger partial charge in [0.15, 0.2) is 0 Å². The van der Waals surface area contributed by atoms with E-state index in [9.17, 15) is 9.59 Å². The Morgan fingerprint density at radius 3 is 2.47 bits per heavy atom. The average Bonchev–Trinajstić information content (AvgIpc) is 2.86. The van der Waals surface area contributed by atoms with Crippen molar-refractivity contribution in [1.82, 2.24) is 5.32 Å². The van der Waals surface area contributed by atoms with Gasteiger partial charge in [0.1, 0.15) is 5.70 Å². The van der Waals surface area contributed by atoms with E-state index >= 15 is 0 Å². The molecule has 1 aliphatic rings. The Labute approximate surface area is 102 Å². The van der Waals surface area contributed by atoms with Crippen LogP contribution in [0.1, 0.15) is 46.5 Å². The summed E-state index contributed by atoms with van der Waals surface area (Å²) in [5, 5.41) is 11.5. The Kier molecular flexibility index (Phi) is 4.32. The summed E-state index contributed by atoms with van der Waals surface area (Å²) in [6.45, 7) is 6.07. The molecule has 1 saturated carbocycles. The lowest BCUT2D eigenvalue weighted by molar-refractivity contribution is -0.135. The molecule has 0 aromatic rings. The predicted molar refractivity (Wildman–Crippen MR) is 65.3 cm³/mol. The number of carboxylic acid groups (broad SMARTS) is 1. The first-order valence-electron chi connectivity index (χ1n) is 6.13. The van der Waals surface area contributed by atoms with Gasteiger partial charge in [-0.1, -0.05) is 33.3 Å². The van der Waals surface area contributed by atoms with Gasteiger partial charge >= 0.3 is 5.97 Å². The van der Waals surface area contributed by atoms with E-state index in [1.807, 2.05) is 20.8 Å². The van der Waals surface area contributed by atoms with E-state index in [1.165, 1.54) is 0 Å². The number of unbranched alkanes of at least 4 members (excludes halogenated alkanes) is 2. The van der Waals surface area contributed by atoms with Crippen LogP contribution in [0.3, 0.4) is 0 Å². The molecule has 2 N–H and O–H groups in total. The summed E-state index contributed by atoms with van der Waals surface area (Å²) >= 11 is 0. The molecule has 0 saturated heterocycles. The second-order valence-corrected chi connectivity index (χ2v) is 5.30. The van der Waals surface area contributed by atoms with E-state index in [-0.39, 0.29) is 22.9 Å². The fraction of sp³-hybridized carbons (Fsp3) is 0.692. The third-order valence-corrected chi connectivity index (χ3v) is 3.22. The summed E-state index contributed by atoms with van der Waals surface area (Å²) < 4.78 is 0. The number of carbonyl (C=O) groups is 2. The highest BCUT2D eigenvalue weighted by Gasteiger charge is 2.50. The van der Waals surface area contributed by atoms with Crippen LogP contribution >= 0.6 is 0 Å². The van der Waals surface area contributed by atoms with Crippen LogP contribution in [-0.2, 0) is 9.59 Å². The zero-order chi connectivity index (χ0) is 13.1. The van der Waals surface area contributed by atoms with Gasteiger partial charge in [0, 0.05) is 5.92 Å². The van der Waals surface area contributed by atoms with Gasteiger partial charge in [0.2, 0.25) is 5.91 Å². The van der Waals surface area contributed by atoms with Crippen molar-refractivity contribution < 1.29 is 14.7 Å². The molecule has 1 rings (SSSR count). The minimum absolute atomic E-state index is 0.0196. The number of nitrogens with one attached hydrogen (secondary N) is 1. The smallest absolute Gasteiger partial charge is 0.352 e. The van der Waals surface area contributed by atoms with Crippen molar-refractivity contribution in [1.29, 1.82) is 0 Å². The Morgan fingerprint density at radius 2 is 2.06 bits per heavy atom. The Balaban J connectivity index is 2.53. The molecule has 0 heterocycles. The van der Waals surface area contributed by atoms with Crippen molar-refractivity contribution >= 4 is 11.9 Å². The minimum Gasteiger partial charge on any atom is -0.477 e. The highest BCUT2D eigenvalue weighted by molar-refractivity contribution is 5.94. The van der Waals surface area contributed by atoms with E-state index < -0.39 is 5.97 Å². The molecule has 96 valence electrons.